The molecule has 2 aliphatic rings. The van der Waals surface area contributed by atoms with Crippen LogP contribution >= 0.6 is 0 Å². The van der Waals surface area contributed by atoms with Gasteiger partial charge in [0.1, 0.15) is 0 Å². The molecule has 0 bridgehead atoms. The van der Waals surface area contributed by atoms with E-state index in [9.17, 15) is 4.79 Å². The topological polar surface area (TPSA) is 108 Å². The number of nitrogens with two attached hydrogens (primary N) is 1. The van der Waals surface area contributed by atoms with Crippen molar-refractivity contribution in [2.75, 3.05) is 51.3 Å². The second-order valence-corrected chi connectivity index (χ2v) is 8.34. The monoisotopic (exact) mass is 420 g/mol. The summed E-state index contributed by atoms with van der Waals surface area (Å²) in [6.45, 7) is 7.32. The molecule has 2 aromatic heterocycles. The normalized spacial score (nSPS) is 17.5. The Morgan fingerprint density at radius 1 is 1.23 bits per heavy atom. The van der Waals surface area contributed by atoms with E-state index in [1.54, 1.807) is 6.07 Å². The summed E-state index contributed by atoms with van der Waals surface area (Å²) >= 11 is 0. The molecular formula is C23H28N6O2. The molecule has 0 aliphatic carbocycles. The van der Waals surface area contributed by atoms with Crippen LogP contribution in [0.15, 0.2) is 36.5 Å². The van der Waals surface area contributed by atoms with Gasteiger partial charge in [0.15, 0.2) is 0 Å². The van der Waals surface area contributed by atoms with E-state index in [2.05, 4.69) is 31.6 Å². The number of aromatic amines is 1. The molecule has 0 atom stereocenters. The highest BCUT2D eigenvalue weighted by Gasteiger charge is 2.19. The third kappa shape index (κ3) is 4.27. The second kappa shape index (κ2) is 8.66. The SMILES string of the molecule is NC(=O)c1ccc(NCC2CNC2)c2cc(-c3ccc(CN4CCOCC4)cn3)[nH]c12. The Kier molecular flexibility index (Phi) is 5.59. The van der Waals surface area contributed by atoms with Crippen molar-refractivity contribution in [3.8, 4) is 11.4 Å². The fourth-order valence-corrected chi connectivity index (χ4v) is 4.16. The van der Waals surface area contributed by atoms with Gasteiger partial charge >= 0.3 is 0 Å². The highest BCUT2D eigenvalue weighted by atomic mass is 16.5. The Labute approximate surface area is 181 Å². The third-order valence-corrected chi connectivity index (χ3v) is 6.12. The summed E-state index contributed by atoms with van der Waals surface area (Å²) in [6.07, 6.45) is 1.92. The van der Waals surface area contributed by atoms with Gasteiger partial charge in [-0.1, -0.05) is 6.07 Å². The molecule has 31 heavy (non-hydrogen) atoms. The number of hydrogen-bond donors (Lipinski definition) is 4. The smallest absolute Gasteiger partial charge is 0.250 e. The van der Waals surface area contributed by atoms with Crippen LogP contribution in [0.5, 0.6) is 0 Å². The number of amides is 1. The standard InChI is InChI=1S/C23H28N6O2/c24-23(30)17-2-4-19(26-13-16-10-25-11-16)18-9-21(28-22(17)18)20-3-1-15(12-27-20)14-29-5-7-31-8-6-29/h1-4,9,12,16,25-26,28H,5-8,10-11,13-14H2,(H2,24,30). The van der Waals surface area contributed by atoms with Crippen LogP contribution in [0.25, 0.3) is 22.3 Å². The van der Waals surface area contributed by atoms with E-state index < -0.39 is 5.91 Å². The molecule has 1 aromatic carbocycles. The first-order chi connectivity index (χ1) is 15.2. The van der Waals surface area contributed by atoms with Gasteiger partial charge in [0.2, 0.25) is 0 Å². The molecule has 8 nitrogen and oxygen atoms in total. The molecule has 0 spiro atoms. The van der Waals surface area contributed by atoms with Crippen molar-refractivity contribution in [1.82, 2.24) is 20.2 Å². The van der Waals surface area contributed by atoms with E-state index in [1.807, 2.05) is 24.4 Å². The third-order valence-electron chi connectivity index (χ3n) is 6.12. The maximum atomic E-state index is 12.0. The number of morpholine rings is 1. The van der Waals surface area contributed by atoms with Gasteiger partial charge in [0.05, 0.1) is 35.7 Å². The van der Waals surface area contributed by atoms with Crippen LogP contribution in [0.4, 0.5) is 5.69 Å². The molecule has 8 heteroatoms. The van der Waals surface area contributed by atoms with E-state index >= 15 is 0 Å². The van der Waals surface area contributed by atoms with Crippen LogP contribution in [0.1, 0.15) is 15.9 Å². The zero-order chi connectivity index (χ0) is 21.2. The van der Waals surface area contributed by atoms with E-state index in [0.29, 0.717) is 11.5 Å². The lowest BCUT2D eigenvalue weighted by atomic mass is 10.0. The lowest BCUT2D eigenvalue weighted by Gasteiger charge is -2.27. The average Bonchev–Trinajstić information content (AvgIpc) is 3.19. The van der Waals surface area contributed by atoms with Gasteiger partial charge in [-0.25, -0.2) is 0 Å². The van der Waals surface area contributed by atoms with Crippen LogP contribution in [-0.4, -0.2) is 66.7 Å². The first-order valence-electron chi connectivity index (χ1n) is 10.8. The molecule has 2 saturated heterocycles. The number of ether oxygens (including phenoxy) is 1. The minimum absolute atomic E-state index is 0.443. The average molecular weight is 421 g/mol. The number of H-pyrrole nitrogens is 1. The van der Waals surface area contributed by atoms with Crippen molar-refractivity contribution in [3.63, 3.8) is 0 Å². The van der Waals surface area contributed by atoms with Crippen LogP contribution in [-0.2, 0) is 11.3 Å². The Bertz CT molecular complexity index is 1070. The van der Waals surface area contributed by atoms with Gasteiger partial charge in [0.25, 0.3) is 5.91 Å². The predicted octanol–water partition coefficient (Wildman–Crippen LogP) is 1.79. The summed E-state index contributed by atoms with van der Waals surface area (Å²) in [5.74, 6) is 0.187. The number of pyridine rings is 1. The molecule has 1 amide bonds. The number of hydrogen-bond acceptors (Lipinski definition) is 6. The zero-order valence-electron chi connectivity index (χ0n) is 17.5. The molecule has 0 radical (unpaired) electrons. The van der Waals surface area contributed by atoms with E-state index in [0.717, 1.165) is 80.5 Å². The lowest BCUT2D eigenvalue weighted by Crippen LogP contribution is -2.45. The Morgan fingerprint density at radius 2 is 2.06 bits per heavy atom. The van der Waals surface area contributed by atoms with Crippen molar-refractivity contribution in [2.24, 2.45) is 11.7 Å². The number of rotatable bonds is 7. The summed E-state index contributed by atoms with van der Waals surface area (Å²) in [6, 6.07) is 9.90. The van der Waals surface area contributed by atoms with Gasteiger partial charge < -0.3 is 26.1 Å². The van der Waals surface area contributed by atoms with Crippen LogP contribution < -0.4 is 16.4 Å². The minimum Gasteiger partial charge on any atom is -0.384 e. The van der Waals surface area contributed by atoms with E-state index in [4.69, 9.17) is 10.5 Å². The van der Waals surface area contributed by atoms with Crippen molar-refractivity contribution >= 4 is 22.5 Å². The molecule has 2 fully saturated rings. The number of primary amides is 1. The van der Waals surface area contributed by atoms with Crippen LogP contribution in [0, 0.1) is 5.92 Å². The summed E-state index contributed by atoms with van der Waals surface area (Å²) in [5, 5.41) is 7.77. The fourth-order valence-electron chi connectivity index (χ4n) is 4.16. The first-order valence-corrected chi connectivity index (χ1v) is 10.8. The highest BCUT2D eigenvalue weighted by Crippen LogP contribution is 2.31. The molecule has 4 heterocycles. The van der Waals surface area contributed by atoms with E-state index in [-0.39, 0.29) is 0 Å². The minimum atomic E-state index is -0.443. The Morgan fingerprint density at radius 3 is 2.74 bits per heavy atom. The van der Waals surface area contributed by atoms with Gasteiger partial charge in [-0.05, 0) is 29.8 Å². The number of fused-ring (bicyclic) bond motifs is 1. The molecule has 2 aliphatic heterocycles. The number of benzene rings is 1. The molecular weight excluding hydrogens is 392 g/mol. The number of nitrogens with zero attached hydrogens (tertiary/aromatic N) is 2. The van der Waals surface area contributed by atoms with Gasteiger partial charge in [-0.2, -0.15) is 0 Å². The largest absolute Gasteiger partial charge is 0.384 e. The molecule has 5 N–H and O–H groups in total. The zero-order valence-corrected chi connectivity index (χ0v) is 17.5. The maximum absolute atomic E-state index is 12.0. The summed E-state index contributed by atoms with van der Waals surface area (Å²) in [4.78, 5) is 22.4. The molecule has 5 rings (SSSR count). The summed E-state index contributed by atoms with van der Waals surface area (Å²) in [7, 11) is 0. The molecule has 0 saturated carbocycles. The number of anilines is 1. The van der Waals surface area contributed by atoms with Gasteiger partial charge in [-0.3, -0.25) is 14.7 Å². The molecule has 162 valence electrons. The Balaban J connectivity index is 1.40. The van der Waals surface area contributed by atoms with Crippen molar-refractivity contribution in [3.05, 3.63) is 47.7 Å². The lowest BCUT2D eigenvalue weighted by molar-refractivity contribution is 0.0341. The molecule has 3 aromatic rings. The van der Waals surface area contributed by atoms with Crippen molar-refractivity contribution in [2.45, 2.75) is 6.54 Å². The maximum Gasteiger partial charge on any atom is 0.250 e. The predicted molar refractivity (Wildman–Crippen MR) is 121 cm³/mol. The number of carbonyl (C=O) groups is 1. The van der Waals surface area contributed by atoms with Crippen molar-refractivity contribution < 1.29 is 9.53 Å². The quantitative estimate of drug-likeness (QED) is 0.464. The Hall–Kier alpha value is -2.94. The second-order valence-electron chi connectivity index (χ2n) is 8.34. The van der Waals surface area contributed by atoms with E-state index in [1.165, 1.54) is 5.56 Å². The number of aromatic nitrogens is 2. The first kappa shape index (κ1) is 20.0. The van der Waals surface area contributed by atoms with Crippen LogP contribution in [0.3, 0.4) is 0 Å². The summed E-state index contributed by atoms with van der Waals surface area (Å²) in [5.41, 5.74) is 10.7. The number of nitrogens with one attached hydrogen (secondary N) is 3. The van der Waals surface area contributed by atoms with Crippen LogP contribution in [0.2, 0.25) is 0 Å². The highest BCUT2D eigenvalue weighted by molar-refractivity contribution is 6.09. The van der Waals surface area contributed by atoms with Gasteiger partial charge in [-0.15, -0.1) is 0 Å². The van der Waals surface area contributed by atoms with Gasteiger partial charge in [0, 0.05) is 62.5 Å². The van der Waals surface area contributed by atoms with Crippen molar-refractivity contribution in [1.29, 1.82) is 0 Å². The number of carbonyl (C=O) groups excluding carboxylic acids is 1. The fraction of sp³-hybridized carbons (Fsp3) is 0.391. The molecule has 0 unspecified atom stereocenters. The summed E-state index contributed by atoms with van der Waals surface area (Å²) < 4.78 is 5.42.